The number of rotatable bonds is 1. The summed E-state index contributed by atoms with van der Waals surface area (Å²) in [7, 11) is 0. The highest BCUT2D eigenvalue weighted by atomic mass is 32.2. The normalized spacial score (nSPS) is 12.4. The first-order chi connectivity index (χ1) is 8.74. The molecule has 0 bridgehead atoms. The fourth-order valence-electron chi connectivity index (χ4n) is 1.91. The molecule has 0 saturated carbocycles. The largest absolute Gasteiger partial charge is 0.478 e. The van der Waals surface area contributed by atoms with Gasteiger partial charge in [-0.2, -0.15) is 0 Å². The number of fused-ring (bicyclic) bond motifs is 2. The van der Waals surface area contributed by atoms with Gasteiger partial charge in [-0.1, -0.05) is 42.1 Å². The number of benzene rings is 2. The van der Waals surface area contributed by atoms with Crippen molar-refractivity contribution in [2.75, 3.05) is 0 Å². The molecule has 88 valence electrons. The predicted molar refractivity (Wildman–Crippen MR) is 72.9 cm³/mol. The van der Waals surface area contributed by atoms with E-state index in [1.807, 2.05) is 30.4 Å². The monoisotopic (exact) mass is 254 g/mol. The summed E-state index contributed by atoms with van der Waals surface area (Å²) in [6.45, 7) is 0. The molecule has 1 heterocycles. The molecule has 0 saturated heterocycles. The molecular formula is C15H10O2S. The SMILES string of the molecule is O=C(O)c1ccc2c(c1)C=Cc1ccccc1S2. The van der Waals surface area contributed by atoms with E-state index in [1.54, 1.807) is 23.9 Å². The Morgan fingerprint density at radius 3 is 2.50 bits per heavy atom. The van der Waals surface area contributed by atoms with Crippen LogP contribution in [-0.4, -0.2) is 11.1 Å². The summed E-state index contributed by atoms with van der Waals surface area (Å²) < 4.78 is 0. The first-order valence-corrected chi connectivity index (χ1v) is 6.38. The zero-order valence-electron chi connectivity index (χ0n) is 9.46. The minimum absolute atomic E-state index is 0.324. The first-order valence-electron chi connectivity index (χ1n) is 5.56. The number of carboxylic acids is 1. The lowest BCUT2D eigenvalue weighted by atomic mass is 10.1. The fourth-order valence-corrected chi connectivity index (χ4v) is 2.93. The van der Waals surface area contributed by atoms with E-state index in [0.717, 1.165) is 16.0 Å². The molecule has 0 fully saturated rings. The lowest BCUT2D eigenvalue weighted by Crippen LogP contribution is -1.96. The molecule has 0 atom stereocenters. The van der Waals surface area contributed by atoms with Crippen LogP contribution in [0.1, 0.15) is 21.5 Å². The third-order valence-electron chi connectivity index (χ3n) is 2.84. The Balaban J connectivity index is 2.12. The van der Waals surface area contributed by atoms with Crippen molar-refractivity contribution < 1.29 is 9.90 Å². The smallest absolute Gasteiger partial charge is 0.335 e. The molecule has 2 aromatic carbocycles. The van der Waals surface area contributed by atoms with Gasteiger partial charge >= 0.3 is 5.97 Å². The lowest BCUT2D eigenvalue weighted by molar-refractivity contribution is 0.0697. The molecule has 0 radical (unpaired) electrons. The van der Waals surface area contributed by atoms with Gasteiger partial charge in [-0.15, -0.1) is 0 Å². The first kappa shape index (κ1) is 11.1. The molecule has 3 heteroatoms. The highest BCUT2D eigenvalue weighted by molar-refractivity contribution is 7.99. The van der Waals surface area contributed by atoms with Crippen LogP contribution in [0.4, 0.5) is 0 Å². The van der Waals surface area contributed by atoms with Crippen molar-refractivity contribution in [1.29, 1.82) is 0 Å². The zero-order chi connectivity index (χ0) is 12.5. The Kier molecular flexibility index (Phi) is 2.68. The van der Waals surface area contributed by atoms with Crippen molar-refractivity contribution in [2.45, 2.75) is 9.79 Å². The quantitative estimate of drug-likeness (QED) is 0.712. The average Bonchev–Trinajstić information content (AvgIpc) is 2.56. The van der Waals surface area contributed by atoms with Crippen LogP contribution in [0.15, 0.2) is 52.3 Å². The molecule has 1 aliphatic heterocycles. The Bertz CT molecular complexity index is 659. The van der Waals surface area contributed by atoms with Crippen molar-refractivity contribution >= 4 is 29.9 Å². The molecular weight excluding hydrogens is 244 g/mol. The van der Waals surface area contributed by atoms with E-state index in [2.05, 4.69) is 12.1 Å². The minimum Gasteiger partial charge on any atom is -0.478 e. The molecule has 18 heavy (non-hydrogen) atoms. The van der Waals surface area contributed by atoms with Gasteiger partial charge in [-0.3, -0.25) is 0 Å². The second-order valence-corrected chi connectivity index (χ2v) is 5.11. The Labute approximate surface area is 109 Å². The van der Waals surface area contributed by atoms with Gasteiger partial charge in [-0.05, 0) is 35.4 Å². The van der Waals surface area contributed by atoms with Crippen LogP contribution < -0.4 is 0 Å². The van der Waals surface area contributed by atoms with E-state index < -0.39 is 5.97 Å². The van der Waals surface area contributed by atoms with Crippen LogP contribution in [0.5, 0.6) is 0 Å². The lowest BCUT2D eigenvalue weighted by Gasteiger charge is -2.06. The van der Waals surface area contributed by atoms with Crippen LogP contribution in [0, 0.1) is 0 Å². The Morgan fingerprint density at radius 2 is 1.67 bits per heavy atom. The zero-order valence-corrected chi connectivity index (χ0v) is 10.3. The predicted octanol–water partition coefficient (Wildman–Crippen LogP) is 4.02. The van der Waals surface area contributed by atoms with Gasteiger partial charge in [0, 0.05) is 9.79 Å². The molecule has 0 aliphatic carbocycles. The van der Waals surface area contributed by atoms with Crippen LogP contribution >= 0.6 is 11.8 Å². The fraction of sp³-hybridized carbons (Fsp3) is 0. The van der Waals surface area contributed by atoms with Crippen molar-refractivity contribution in [1.82, 2.24) is 0 Å². The average molecular weight is 254 g/mol. The molecule has 0 spiro atoms. The van der Waals surface area contributed by atoms with Crippen molar-refractivity contribution in [2.24, 2.45) is 0 Å². The maximum Gasteiger partial charge on any atom is 0.335 e. The Hall–Kier alpha value is -2.00. The number of hydrogen-bond acceptors (Lipinski definition) is 2. The van der Waals surface area contributed by atoms with E-state index in [1.165, 1.54) is 4.90 Å². The molecule has 2 aromatic rings. The van der Waals surface area contributed by atoms with Crippen molar-refractivity contribution in [3.05, 3.63) is 59.2 Å². The second-order valence-electron chi connectivity index (χ2n) is 4.03. The Morgan fingerprint density at radius 1 is 0.944 bits per heavy atom. The summed E-state index contributed by atoms with van der Waals surface area (Å²) in [5, 5.41) is 9.00. The van der Waals surface area contributed by atoms with Gasteiger partial charge in [0.2, 0.25) is 0 Å². The minimum atomic E-state index is -0.891. The summed E-state index contributed by atoms with van der Waals surface area (Å²) in [5.41, 5.74) is 2.44. The van der Waals surface area contributed by atoms with Crippen LogP contribution in [-0.2, 0) is 0 Å². The molecule has 0 amide bonds. The molecule has 1 aliphatic rings. The summed E-state index contributed by atoms with van der Waals surface area (Å²) in [6.07, 6.45) is 4.00. The van der Waals surface area contributed by atoms with E-state index in [0.29, 0.717) is 5.56 Å². The van der Waals surface area contributed by atoms with Gasteiger partial charge in [0.05, 0.1) is 5.56 Å². The topological polar surface area (TPSA) is 37.3 Å². The third kappa shape index (κ3) is 1.93. The number of aromatic carboxylic acids is 1. The van der Waals surface area contributed by atoms with Crippen LogP contribution in [0.25, 0.3) is 12.2 Å². The number of carbonyl (C=O) groups is 1. The molecule has 1 N–H and O–H groups in total. The van der Waals surface area contributed by atoms with Gasteiger partial charge in [0.15, 0.2) is 0 Å². The van der Waals surface area contributed by atoms with Gasteiger partial charge in [0.1, 0.15) is 0 Å². The molecule has 0 aromatic heterocycles. The highest BCUT2D eigenvalue weighted by Crippen LogP contribution is 2.37. The van der Waals surface area contributed by atoms with Gasteiger partial charge in [0.25, 0.3) is 0 Å². The maximum absolute atomic E-state index is 11.0. The summed E-state index contributed by atoms with van der Waals surface area (Å²) in [6, 6.07) is 13.4. The third-order valence-corrected chi connectivity index (χ3v) is 4.02. The van der Waals surface area contributed by atoms with E-state index in [-0.39, 0.29) is 0 Å². The van der Waals surface area contributed by atoms with E-state index >= 15 is 0 Å². The standard InChI is InChI=1S/C15H10O2S/c16-15(17)12-7-8-14-11(9-12)6-5-10-3-1-2-4-13(10)18-14/h1-9H,(H,16,17). The summed E-state index contributed by atoms with van der Waals surface area (Å²) in [4.78, 5) is 13.2. The van der Waals surface area contributed by atoms with Crippen molar-refractivity contribution in [3.63, 3.8) is 0 Å². The molecule has 0 unspecified atom stereocenters. The van der Waals surface area contributed by atoms with Gasteiger partial charge in [-0.25, -0.2) is 4.79 Å². The summed E-state index contributed by atoms with van der Waals surface area (Å²) >= 11 is 1.67. The number of carboxylic acid groups (broad SMARTS) is 1. The van der Waals surface area contributed by atoms with E-state index in [9.17, 15) is 4.79 Å². The molecule has 2 nitrogen and oxygen atoms in total. The highest BCUT2D eigenvalue weighted by Gasteiger charge is 2.11. The van der Waals surface area contributed by atoms with Crippen LogP contribution in [0.3, 0.4) is 0 Å². The number of hydrogen-bond donors (Lipinski definition) is 1. The van der Waals surface area contributed by atoms with Gasteiger partial charge < -0.3 is 5.11 Å². The maximum atomic E-state index is 11.0. The summed E-state index contributed by atoms with van der Waals surface area (Å²) in [5.74, 6) is -0.891. The second kappa shape index (κ2) is 4.35. The van der Waals surface area contributed by atoms with Crippen molar-refractivity contribution in [3.8, 4) is 0 Å². The van der Waals surface area contributed by atoms with Crippen LogP contribution in [0.2, 0.25) is 0 Å². The van der Waals surface area contributed by atoms with E-state index in [4.69, 9.17) is 5.11 Å². The molecule has 3 rings (SSSR count).